The molecule has 0 saturated heterocycles. The summed E-state index contributed by atoms with van der Waals surface area (Å²) in [6.45, 7) is 2.27. The molecule has 1 aromatic rings. The molecule has 1 aromatic heterocycles. The van der Waals surface area contributed by atoms with Gasteiger partial charge in [0.2, 0.25) is 0 Å². The van der Waals surface area contributed by atoms with Crippen LogP contribution in [-0.4, -0.2) is 36.5 Å². The topological polar surface area (TPSA) is 53.4 Å². The third kappa shape index (κ3) is 4.74. The van der Waals surface area contributed by atoms with Crippen LogP contribution in [0.1, 0.15) is 6.42 Å². The maximum absolute atomic E-state index is 11.4. The van der Waals surface area contributed by atoms with Crippen LogP contribution in [0.15, 0.2) is 17.2 Å². The molecule has 16 heavy (non-hydrogen) atoms. The van der Waals surface area contributed by atoms with Crippen molar-refractivity contribution in [3.63, 3.8) is 0 Å². The lowest BCUT2D eigenvalue weighted by molar-refractivity contribution is 0.0971. The molecule has 1 heterocycles. The highest BCUT2D eigenvalue weighted by Crippen LogP contribution is 1.96. The zero-order valence-corrected chi connectivity index (χ0v) is 9.94. The molecule has 0 amide bonds. The molecule has 1 rings (SSSR count). The van der Waals surface area contributed by atoms with Crippen LogP contribution >= 0.6 is 11.6 Å². The Morgan fingerprint density at radius 3 is 2.94 bits per heavy atom. The summed E-state index contributed by atoms with van der Waals surface area (Å²) in [7, 11) is 1.65. The number of halogens is 1. The molecule has 0 atom stereocenters. The van der Waals surface area contributed by atoms with Gasteiger partial charge in [0, 0.05) is 26.4 Å². The molecule has 5 nitrogen and oxygen atoms in total. The molecule has 0 spiro atoms. The second-order valence-electron chi connectivity index (χ2n) is 3.20. The largest absolute Gasteiger partial charge is 0.385 e. The fourth-order valence-electron chi connectivity index (χ4n) is 1.14. The van der Waals surface area contributed by atoms with E-state index in [0.717, 1.165) is 6.42 Å². The van der Waals surface area contributed by atoms with Crippen LogP contribution in [0.4, 0.5) is 0 Å². The highest BCUT2D eigenvalue weighted by atomic mass is 35.5. The maximum atomic E-state index is 11.4. The molecule has 90 valence electrons. The van der Waals surface area contributed by atoms with Gasteiger partial charge in [0.05, 0.1) is 19.5 Å². The van der Waals surface area contributed by atoms with E-state index in [1.54, 1.807) is 7.11 Å². The summed E-state index contributed by atoms with van der Waals surface area (Å²) in [6.07, 6.45) is 2.27. The Balaban J connectivity index is 2.24. The molecule has 0 fully saturated rings. The highest BCUT2D eigenvalue weighted by molar-refractivity contribution is 6.29. The molecule has 0 N–H and O–H groups in total. The van der Waals surface area contributed by atoms with Crippen molar-refractivity contribution in [2.24, 2.45) is 0 Å². The first kappa shape index (κ1) is 13.2. The van der Waals surface area contributed by atoms with Crippen LogP contribution in [0.25, 0.3) is 0 Å². The second kappa shape index (κ2) is 7.38. The van der Waals surface area contributed by atoms with Crippen molar-refractivity contribution in [3.8, 4) is 0 Å². The van der Waals surface area contributed by atoms with E-state index in [-0.39, 0.29) is 10.7 Å². The van der Waals surface area contributed by atoms with Crippen molar-refractivity contribution >= 4 is 11.6 Å². The van der Waals surface area contributed by atoms with E-state index < -0.39 is 0 Å². The molecule has 0 radical (unpaired) electrons. The Morgan fingerprint density at radius 1 is 1.44 bits per heavy atom. The zero-order chi connectivity index (χ0) is 11.8. The van der Waals surface area contributed by atoms with E-state index in [9.17, 15) is 4.79 Å². The zero-order valence-electron chi connectivity index (χ0n) is 9.19. The monoisotopic (exact) mass is 246 g/mol. The van der Waals surface area contributed by atoms with Crippen LogP contribution in [0.5, 0.6) is 0 Å². The normalized spacial score (nSPS) is 10.6. The van der Waals surface area contributed by atoms with Gasteiger partial charge < -0.3 is 9.47 Å². The van der Waals surface area contributed by atoms with E-state index in [4.69, 9.17) is 21.1 Å². The Hall–Kier alpha value is -0.910. The summed E-state index contributed by atoms with van der Waals surface area (Å²) in [5, 5.41) is 0.210. The fraction of sp³-hybridized carbons (Fsp3) is 0.600. The Labute approximate surface area is 99.0 Å². The van der Waals surface area contributed by atoms with Gasteiger partial charge in [0.1, 0.15) is 5.15 Å². The van der Waals surface area contributed by atoms with E-state index in [2.05, 4.69) is 4.98 Å². The molecular formula is C10H15ClN2O3. The van der Waals surface area contributed by atoms with Crippen LogP contribution < -0.4 is 5.56 Å². The van der Waals surface area contributed by atoms with Gasteiger partial charge in [-0.2, -0.15) is 0 Å². The first-order valence-electron chi connectivity index (χ1n) is 5.02. The number of ether oxygens (including phenoxy) is 2. The van der Waals surface area contributed by atoms with E-state index >= 15 is 0 Å². The summed E-state index contributed by atoms with van der Waals surface area (Å²) in [5.74, 6) is 0. The van der Waals surface area contributed by atoms with Gasteiger partial charge in [-0.15, -0.1) is 0 Å². The van der Waals surface area contributed by atoms with E-state index in [0.29, 0.717) is 26.4 Å². The van der Waals surface area contributed by atoms with Crippen LogP contribution in [0, 0.1) is 0 Å². The molecule has 0 bridgehead atoms. The minimum atomic E-state index is -0.166. The number of aromatic nitrogens is 2. The second-order valence-corrected chi connectivity index (χ2v) is 3.59. The average Bonchev–Trinajstić information content (AvgIpc) is 2.26. The number of rotatable bonds is 7. The fourth-order valence-corrected chi connectivity index (χ4v) is 1.28. The van der Waals surface area contributed by atoms with Crippen LogP contribution in [0.3, 0.4) is 0 Å². The van der Waals surface area contributed by atoms with Crippen molar-refractivity contribution in [2.75, 3.05) is 26.9 Å². The van der Waals surface area contributed by atoms with Gasteiger partial charge in [0.25, 0.3) is 5.56 Å². The maximum Gasteiger partial charge on any atom is 0.254 e. The van der Waals surface area contributed by atoms with Crippen LogP contribution in [-0.2, 0) is 16.0 Å². The van der Waals surface area contributed by atoms with Crippen molar-refractivity contribution in [3.05, 3.63) is 27.9 Å². The minimum Gasteiger partial charge on any atom is -0.385 e. The SMILES string of the molecule is COCCCOCCn1cnc(Cl)cc1=O. The highest BCUT2D eigenvalue weighted by Gasteiger charge is 1.97. The quantitative estimate of drug-likeness (QED) is 0.531. The molecule has 0 unspecified atom stereocenters. The smallest absolute Gasteiger partial charge is 0.254 e. The average molecular weight is 247 g/mol. The van der Waals surface area contributed by atoms with Crippen molar-refractivity contribution < 1.29 is 9.47 Å². The summed E-state index contributed by atoms with van der Waals surface area (Å²) in [6, 6.07) is 1.28. The first-order chi connectivity index (χ1) is 7.74. The Kier molecular flexibility index (Phi) is 6.07. The van der Waals surface area contributed by atoms with Gasteiger partial charge >= 0.3 is 0 Å². The number of methoxy groups -OCH3 is 1. The van der Waals surface area contributed by atoms with Crippen molar-refractivity contribution in [2.45, 2.75) is 13.0 Å². The van der Waals surface area contributed by atoms with E-state index in [1.807, 2.05) is 0 Å². The van der Waals surface area contributed by atoms with Gasteiger partial charge in [-0.05, 0) is 6.42 Å². The lowest BCUT2D eigenvalue weighted by Gasteiger charge is -2.06. The minimum absolute atomic E-state index is 0.166. The molecular weight excluding hydrogens is 232 g/mol. The molecule has 0 aromatic carbocycles. The Morgan fingerprint density at radius 2 is 2.25 bits per heavy atom. The molecule has 0 aliphatic heterocycles. The lowest BCUT2D eigenvalue weighted by atomic mass is 10.5. The van der Waals surface area contributed by atoms with Gasteiger partial charge in [-0.1, -0.05) is 11.6 Å². The third-order valence-electron chi connectivity index (χ3n) is 1.96. The number of nitrogens with zero attached hydrogens (tertiary/aromatic N) is 2. The third-order valence-corrected chi connectivity index (χ3v) is 2.17. The molecule has 0 aliphatic carbocycles. The summed E-state index contributed by atoms with van der Waals surface area (Å²) < 4.78 is 11.7. The number of hydrogen-bond acceptors (Lipinski definition) is 4. The van der Waals surface area contributed by atoms with Gasteiger partial charge in [0.15, 0.2) is 0 Å². The lowest BCUT2D eigenvalue weighted by Crippen LogP contribution is -2.22. The standard InChI is InChI=1S/C10H15ClN2O3/c1-15-4-2-5-16-6-3-13-8-12-9(11)7-10(13)14/h7-8H,2-6H2,1H3. The Bertz CT molecular complexity index is 367. The van der Waals surface area contributed by atoms with E-state index in [1.165, 1.54) is 17.0 Å². The predicted octanol–water partition coefficient (Wildman–Crippen LogP) is 0.950. The summed E-state index contributed by atoms with van der Waals surface area (Å²) in [4.78, 5) is 15.2. The summed E-state index contributed by atoms with van der Waals surface area (Å²) >= 11 is 5.57. The van der Waals surface area contributed by atoms with Crippen molar-refractivity contribution in [1.29, 1.82) is 0 Å². The predicted molar refractivity (Wildman–Crippen MR) is 60.8 cm³/mol. The molecule has 0 aliphatic rings. The molecule has 6 heteroatoms. The van der Waals surface area contributed by atoms with Gasteiger partial charge in [-0.3, -0.25) is 9.36 Å². The van der Waals surface area contributed by atoms with Crippen LogP contribution in [0.2, 0.25) is 5.15 Å². The van der Waals surface area contributed by atoms with Crippen molar-refractivity contribution in [1.82, 2.24) is 9.55 Å². The summed E-state index contributed by atoms with van der Waals surface area (Å²) in [5.41, 5.74) is -0.166. The number of hydrogen-bond donors (Lipinski definition) is 0. The molecule has 0 saturated carbocycles. The van der Waals surface area contributed by atoms with Gasteiger partial charge in [-0.25, -0.2) is 4.98 Å². The first-order valence-corrected chi connectivity index (χ1v) is 5.40.